The van der Waals surface area contributed by atoms with Gasteiger partial charge in [0.1, 0.15) is 5.65 Å². The van der Waals surface area contributed by atoms with E-state index in [-0.39, 0.29) is 16.7 Å². The lowest BCUT2D eigenvalue weighted by molar-refractivity contribution is 0.0786. The number of pyridine rings is 1. The molecule has 1 saturated carbocycles. The van der Waals surface area contributed by atoms with Crippen molar-refractivity contribution in [3.63, 3.8) is 0 Å². The second kappa shape index (κ2) is 7.24. The summed E-state index contributed by atoms with van der Waals surface area (Å²) in [4.78, 5) is 19.8. The van der Waals surface area contributed by atoms with Crippen molar-refractivity contribution in [3.05, 3.63) is 71.7 Å². The summed E-state index contributed by atoms with van der Waals surface area (Å²) in [6, 6.07) is 16.8. The number of benzene rings is 1. The van der Waals surface area contributed by atoms with Gasteiger partial charge < -0.3 is 14.6 Å². The average Bonchev–Trinajstić information content (AvgIpc) is 3.17. The summed E-state index contributed by atoms with van der Waals surface area (Å²) < 4.78 is 2.06. The third-order valence-electron chi connectivity index (χ3n) is 7.18. The van der Waals surface area contributed by atoms with E-state index in [0.717, 1.165) is 43.8 Å². The lowest BCUT2D eigenvalue weighted by Gasteiger charge is -2.22. The second-order valence-electron chi connectivity index (χ2n) is 9.45. The highest BCUT2D eigenvalue weighted by atomic mass is 16.2. The monoisotopic (exact) mass is 402 g/mol. The van der Waals surface area contributed by atoms with Crippen molar-refractivity contribution in [2.45, 2.75) is 45.1 Å². The summed E-state index contributed by atoms with van der Waals surface area (Å²) >= 11 is 0. The standard InChI is InChI=1S/C25H30N4O/c1-24(2)17-25(24,19-10-4-3-5-11-19)18-26-16-20-22(23(30)28-13-8-9-14-28)27-21-12-6-7-15-29(20)21/h3-7,10-12,15,26H,8-9,13-14,16-18H2,1-2H3/t25-/m0/s1. The first kappa shape index (κ1) is 19.3. The number of hydrogen-bond acceptors (Lipinski definition) is 3. The lowest BCUT2D eigenvalue weighted by atomic mass is 9.88. The van der Waals surface area contributed by atoms with Gasteiger partial charge in [0.15, 0.2) is 5.69 Å². The van der Waals surface area contributed by atoms with Gasteiger partial charge in [-0.1, -0.05) is 50.2 Å². The Labute approximate surface area is 178 Å². The molecule has 1 amide bonds. The Bertz CT molecular complexity index is 1070. The minimum absolute atomic E-state index is 0.0672. The fraction of sp³-hybridized carbons (Fsp3) is 0.440. The quantitative estimate of drug-likeness (QED) is 0.677. The summed E-state index contributed by atoms with van der Waals surface area (Å²) in [7, 11) is 0. The first-order valence-electron chi connectivity index (χ1n) is 11.0. The molecule has 1 saturated heterocycles. The van der Waals surface area contributed by atoms with Gasteiger partial charge in [0, 0.05) is 37.8 Å². The molecular weight excluding hydrogens is 372 g/mol. The molecule has 2 fully saturated rings. The number of nitrogens with zero attached hydrogens (tertiary/aromatic N) is 3. The Morgan fingerprint density at radius 1 is 1.07 bits per heavy atom. The van der Waals surface area contributed by atoms with Crippen LogP contribution in [0.15, 0.2) is 54.7 Å². The summed E-state index contributed by atoms with van der Waals surface area (Å²) in [5, 5.41) is 3.69. The van der Waals surface area contributed by atoms with E-state index in [1.807, 2.05) is 29.3 Å². The van der Waals surface area contributed by atoms with Gasteiger partial charge in [-0.25, -0.2) is 4.98 Å². The van der Waals surface area contributed by atoms with Gasteiger partial charge in [-0.15, -0.1) is 0 Å². The van der Waals surface area contributed by atoms with Crippen LogP contribution in [0.1, 0.15) is 54.9 Å². The molecule has 1 aliphatic carbocycles. The lowest BCUT2D eigenvalue weighted by Crippen LogP contribution is -2.32. The highest BCUT2D eigenvalue weighted by molar-refractivity contribution is 5.94. The van der Waals surface area contributed by atoms with E-state index in [2.05, 4.69) is 53.9 Å². The van der Waals surface area contributed by atoms with Crippen LogP contribution in [-0.2, 0) is 12.0 Å². The Balaban J connectivity index is 1.40. The Hall–Kier alpha value is -2.66. The third-order valence-corrected chi connectivity index (χ3v) is 7.18. The van der Waals surface area contributed by atoms with Gasteiger partial charge in [-0.3, -0.25) is 4.79 Å². The summed E-state index contributed by atoms with van der Waals surface area (Å²) in [6.07, 6.45) is 5.35. The maximum absolute atomic E-state index is 13.2. The van der Waals surface area contributed by atoms with Crippen LogP contribution in [-0.4, -0.2) is 39.8 Å². The number of amides is 1. The highest BCUT2D eigenvalue weighted by Gasteiger charge is 2.61. The van der Waals surface area contributed by atoms with Gasteiger partial charge >= 0.3 is 0 Å². The number of carbonyl (C=O) groups excluding carboxylic acids is 1. The SMILES string of the molecule is CC1(C)C[C@]1(CNCc1c(C(=O)N2CCCC2)nc2ccccn12)c1ccccc1. The zero-order valence-electron chi connectivity index (χ0n) is 17.9. The minimum atomic E-state index is 0.0672. The average molecular weight is 403 g/mol. The number of aromatic nitrogens is 2. The Morgan fingerprint density at radius 3 is 2.47 bits per heavy atom. The third kappa shape index (κ3) is 3.12. The van der Waals surface area contributed by atoms with Crippen LogP contribution in [0.3, 0.4) is 0 Å². The molecule has 1 aromatic carbocycles. The zero-order valence-corrected chi connectivity index (χ0v) is 17.9. The molecule has 3 heterocycles. The van der Waals surface area contributed by atoms with E-state index in [1.54, 1.807) is 0 Å². The number of rotatable bonds is 6. The largest absolute Gasteiger partial charge is 0.337 e. The molecule has 5 nitrogen and oxygen atoms in total. The topological polar surface area (TPSA) is 49.6 Å². The van der Waals surface area contributed by atoms with E-state index in [9.17, 15) is 4.79 Å². The molecular formula is C25H30N4O. The molecule has 0 radical (unpaired) electrons. The Morgan fingerprint density at radius 2 is 1.77 bits per heavy atom. The van der Waals surface area contributed by atoms with Crippen molar-refractivity contribution in [1.29, 1.82) is 0 Å². The molecule has 1 aliphatic heterocycles. The van der Waals surface area contributed by atoms with Crippen LogP contribution < -0.4 is 5.32 Å². The van der Waals surface area contributed by atoms with E-state index >= 15 is 0 Å². The molecule has 0 bridgehead atoms. The van der Waals surface area contributed by atoms with Crippen molar-refractivity contribution in [1.82, 2.24) is 19.6 Å². The van der Waals surface area contributed by atoms with Crippen molar-refractivity contribution in [2.75, 3.05) is 19.6 Å². The molecule has 2 aromatic heterocycles. The molecule has 2 aliphatic rings. The van der Waals surface area contributed by atoms with E-state index < -0.39 is 0 Å². The van der Waals surface area contributed by atoms with Gasteiger partial charge in [0.2, 0.25) is 0 Å². The van der Waals surface area contributed by atoms with Crippen molar-refractivity contribution >= 4 is 11.6 Å². The number of likely N-dealkylation sites (tertiary alicyclic amines) is 1. The zero-order chi connectivity index (χ0) is 20.8. The number of carbonyl (C=O) groups is 1. The van der Waals surface area contributed by atoms with Crippen molar-refractivity contribution in [2.24, 2.45) is 5.41 Å². The fourth-order valence-corrected chi connectivity index (χ4v) is 5.22. The molecule has 156 valence electrons. The van der Waals surface area contributed by atoms with Crippen molar-refractivity contribution in [3.8, 4) is 0 Å². The van der Waals surface area contributed by atoms with Gasteiger partial charge in [0.25, 0.3) is 5.91 Å². The molecule has 30 heavy (non-hydrogen) atoms. The molecule has 0 unspecified atom stereocenters. The van der Waals surface area contributed by atoms with Crippen LogP contribution in [0.4, 0.5) is 0 Å². The van der Waals surface area contributed by atoms with Crippen LogP contribution in [0.5, 0.6) is 0 Å². The van der Waals surface area contributed by atoms with Crippen LogP contribution >= 0.6 is 0 Å². The second-order valence-corrected chi connectivity index (χ2v) is 9.45. The maximum Gasteiger partial charge on any atom is 0.274 e. The van der Waals surface area contributed by atoms with Gasteiger partial charge in [-0.2, -0.15) is 0 Å². The predicted octanol–water partition coefficient (Wildman–Crippen LogP) is 4.03. The van der Waals surface area contributed by atoms with Gasteiger partial charge in [-0.05, 0) is 42.4 Å². The maximum atomic E-state index is 13.2. The fourth-order valence-electron chi connectivity index (χ4n) is 5.22. The van der Waals surface area contributed by atoms with E-state index in [1.165, 1.54) is 12.0 Å². The van der Waals surface area contributed by atoms with E-state index in [4.69, 9.17) is 4.98 Å². The molecule has 0 spiro atoms. The molecule has 3 aromatic rings. The number of hydrogen-bond donors (Lipinski definition) is 1. The first-order valence-corrected chi connectivity index (χ1v) is 11.0. The number of imidazole rings is 1. The number of nitrogens with one attached hydrogen (secondary N) is 1. The minimum Gasteiger partial charge on any atom is -0.337 e. The normalized spacial score (nSPS) is 22.5. The van der Waals surface area contributed by atoms with Gasteiger partial charge in [0.05, 0.1) is 5.69 Å². The smallest absolute Gasteiger partial charge is 0.274 e. The summed E-state index contributed by atoms with van der Waals surface area (Å²) in [6.45, 7) is 7.89. The first-order chi connectivity index (χ1) is 14.5. The molecule has 1 atom stereocenters. The Kier molecular flexibility index (Phi) is 4.66. The number of fused-ring (bicyclic) bond motifs is 1. The molecule has 5 rings (SSSR count). The van der Waals surface area contributed by atoms with Crippen LogP contribution in [0.2, 0.25) is 0 Å². The van der Waals surface area contributed by atoms with Crippen LogP contribution in [0, 0.1) is 5.41 Å². The summed E-state index contributed by atoms with van der Waals surface area (Å²) in [5.74, 6) is 0.0672. The van der Waals surface area contributed by atoms with Crippen LogP contribution in [0.25, 0.3) is 5.65 Å². The highest BCUT2D eigenvalue weighted by Crippen LogP contribution is 2.63. The molecule has 1 N–H and O–H groups in total. The van der Waals surface area contributed by atoms with Crippen molar-refractivity contribution < 1.29 is 4.79 Å². The molecule has 5 heteroatoms. The predicted molar refractivity (Wildman–Crippen MR) is 119 cm³/mol. The summed E-state index contributed by atoms with van der Waals surface area (Å²) in [5.41, 5.74) is 4.21. The van der Waals surface area contributed by atoms with E-state index in [0.29, 0.717) is 12.2 Å².